The molecule has 0 radical (unpaired) electrons. The first kappa shape index (κ1) is 14.4. The van der Waals surface area contributed by atoms with Crippen molar-refractivity contribution in [3.05, 3.63) is 29.8 Å². The maximum absolute atomic E-state index is 12.3. The fourth-order valence-corrected chi connectivity index (χ4v) is 2.75. The molecule has 1 fully saturated rings. The van der Waals surface area contributed by atoms with Crippen molar-refractivity contribution in [2.75, 3.05) is 7.05 Å². The zero-order valence-corrected chi connectivity index (χ0v) is 11.8. The zero-order valence-electron chi connectivity index (χ0n) is 11.8. The monoisotopic (exact) mass is 277 g/mol. The Morgan fingerprint density at radius 2 is 1.75 bits per heavy atom. The molecule has 0 spiro atoms. The number of benzene rings is 1. The van der Waals surface area contributed by atoms with E-state index in [9.17, 15) is 14.7 Å². The third kappa shape index (κ3) is 2.48. The first-order chi connectivity index (χ1) is 9.25. The van der Waals surface area contributed by atoms with Crippen LogP contribution in [0.4, 0.5) is 0 Å². The van der Waals surface area contributed by atoms with Gasteiger partial charge in [-0.15, -0.1) is 0 Å². The van der Waals surface area contributed by atoms with Gasteiger partial charge in [-0.3, -0.25) is 9.59 Å². The quantitative estimate of drug-likeness (QED) is 0.878. The molecule has 108 valence electrons. The van der Waals surface area contributed by atoms with E-state index in [1.54, 1.807) is 36.2 Å². The third-order valence-electron chi connectivity index (χ3n) is 4.09. The number of aromatic hydroxyl groups is 1. The Kier molecular flexibility index (Phi) is 3.46. The van der Waals surface area contributed by atoms with Crippen molar-refractivity contribution in [1.82, 2.24) is 4.90 Å². The summed E-state index contributed by atoms with van der Waals surface area (Å²) in [5.41, 5.74) is 0.413. The smallest absolute Gasteiger partial charge is 0.307 e. The van der Waals surface area contributed by atoms with Gasteiger partial charge in [-0.2, -0.15) is 0 Å². The van der Waals surface area contributed by atoms with Crippen LogP contribution in [-0.4, -0.2) is 34.0 Å². The van der Waals surface area contributed by atoms with Gasteiger partial charge in [0, 0.05) is 13.6 Å². The number of carboxylic acids is 1. The van der Waals surface area contributed by atoms with Gasteiger partial charge in [-0.25, -0.2) is 0 Å². The van der Waals surface area contributed by atoms with Crippen molar-refractivity contribution in [2.24, 2.45) is 17.3 Å². The lowest BCUT2D eigenvalue weighted by Gasteiger charge is -2.18. The highest BCUT2D eigenvalue weighted by atomic mass is 16.4. The molecule has 1 aromatic rings. The number of hydrogen-bond donors (Lipinski definition) is 2. The molecule has 1 aromatic carbocycles. The Bertz CT molecular complexity index is 535. The maximum Gasteiger partial charge on any atom is 0.307 e. The molecule has 2 rings (SSSR count). The Balaban J connectivity index is 2.03. The number of rotatable bonds is 4. The molecule has 5 nitrogen and oxygen atoms in total. The summed E-state index contributed by atoms with van der Waals surface area (Å²) in [4.78, 5) is 25.0. The van der Waals surface area contributed by atoms with E-state index in [0.29, 0.717) is 6.54 Å². The molecule has 2 unspecified atom stereocenters. The van der Waals surface area contributed by atoms with Gasteiger partial charge in [0.2, 0.25) is 5.91 Å². The van der Waals surface area contributed by atoms with Crippen LogP contribution in [0.1, 0.15) is 19.4 Å². The number of carboxylic acid groups (broad SMARTS) is 1. The summed E-state index contributed by atoms with van der Waals surface area (Å²) in [5.74, 6) is -1.93. The third-order valence-corrected chi connectivity index (χ3v) is 4.09. The Labute approximate surface area is 117 Å². The van der Waals surface area contributed by atoms with Gasteiger partial charge in [0.25, 0.3) is 0 Å². The normalized spacial score (nSPS) is 23.1. The summed E-state index contributed by atoms with van der Waals surface area (Å²) in [6.07, 6.45) is 0. The lowest BCUT2D eigenvalue weighted by Crippen LogP contribution is -2.29. The molecule has 1 aliphatic carbocycles. The van der Waals surface area contributed by atoms with E-state index in [4.69, 9.17) is 5.11 Å². The minimum atomic E-state index is -0.911. The fraction of sp³-hybridized carbons (Fsp3) is 0.467. The van der Waals surface area contributed by atoms with Crippen LogP contribution in [0.3, 0.4) is 0 Å². The van der Waals surface area contributed by atoms with Gasteiger partial charge < -0.3 is 15.1 Å². The van der Waals surface area contributed by atoms with Crippen molar-refractivity contribution in [3.8, 4) is 5.75 Å². The van der Waals surface area contributed by atoms with Crippen molar-refractivity contribution < 1.29 is 19.8 Å². The molecular formula is C15H19NO4. The van der Waals surface area contributed by atoms with Crippen LogP contribution in [0.15, 0.2) is 24.3 Å². The predicted molar refractivity (Wildman–Crippen MR) is 73.0 cm³/mol. The molecule has 1 aliphatic rings. The molecule has 2 N–H and O–H groups in total. The van der Waals surface area contributed by atoms with Crippen molar-refractivity contribution >= 4 is 11.9 Å². The summed E-state index contributed by atoms with van der Waals surface area (Å²) >= 11 is 0. The number of amides is 1. The van der Waals surface area contributed by atoms with E-state index in [-0.39, 0.29) is 11.7 Å². The average molecular weight is 277 g/mol. The second kappa shape index (κ2) is 4.81. The number of phenols is 1. The summed E-state index contributed by atoms with van der Waals surface area (Å²) in [5, 5.41) is 18.3. The SMILES string of the molecule is CN(Cc1ccc(O)cc1)C(=O)C1C(C(=O)O)C1(C)C. The molecule has 2 atom stereocenters. The van der Waals surface area contributed by atoms with Crippen LogP contribution >= 0.6 is 0 Å². The highest BCUT2D eigenvalue weighted by molar-refractivity contribution is 5.91. The van der Waals surface area contributed by atoms with Gasteiger partial charge in [-0.1, -0.05) is 26.0 Å². The number of carbonyl (C=O) groups is 2. The molecule has 1 saturated carbocycles. The number of nitrogens with zero attached hydrogens (tertiary/aromatic N) is 1. The minimum absolute atomic E-state index is 0.143. The first-order valence-electron chi connectivity index (χ1n) is 6.51. The van der Waals surface area contributed by atoms with Crippen LogP contribution in [0, 0.1) is 17.3 Å². The summed E-state index contributed by atoms with van der Waals surface area (Å²) in [6, 6.07) is 6.61. The van der Waals surface area contributed by atoms with Crippen LogP contribution in [-0.2, 0) is 16.1 Å². The summed E-state index contributed by atoms with van der Waals surface area (Å²) < 4.78 is 0. The van der Waals surface area contributed by atoms with E-state index < -0.39 is 23.2 Å². The van der Waals surface area contributed by atoms with E-state index in [1.165, 1.54) is 0 Å². The summed E-state index contributed by atoms with van der Waals surface area (Å²) in [6.45, 7) is 4.02. The Morgan fingerprint density at radius 1 is 1.20 bits per heavy atom. The van der Waals surface area contributed by atoms with Gasteiger partial charge >= 0.3 is 5.97 Å². The second-order valence-electron chi connectivity index (χ2n) is 5.98. The molecule has 5 heteroatoms. The molecule has 20 heavy (non-hydrogen) atoms. The van der Waals surface area contributed by atoms with Crippen LogP contribution in [0.2, 0.25) is 0 Å². The van der Waals surface area contributed by atoms with Gasteiger partial charge in [0.05, 0.1) is 11.8 Å². The van der Waals surface area contributed by atoms with E-state index in [2.05, 4.69) is 0 Å². The van der Waals surface area contributed by atoms with Gasteiger partial charge in [0.1, 0.15) is 5.75 Å². The maximum atomic E-state index is 12.3. The van der Waals surface area contributed by atoms with E-state index in [1.807, 2.05) is 13.8 Å². The van der Waals surface area contributed by atoms with Crippen molar-refractivity contribution in [2.45, 2.75) is 20.4 Å². The molecular weight excluding hydrogens is 258 g/mol. The molecule has 0 heterocycles. The topological polar surface area (TPSA) is 77.8 Å². The van der Waals surface area contributed by atoms with Crippen LogP contribution in [0.25, 0.3) is 0 Å². The van der Waals surface area contributed by atoms with Crippen molar-refractivity contribution in [3.63, 3.8) is 0 Å². The number of aliphatic carboxylic acids is 1. The number of phenolic OH excluding ortho intramolecular Hbond substituents is 1. The van der Waals surface area contributed by atoms with Gasteiger partial charge in [-0.05, 0) is 23.1 Å². The van der Waals surface area contributed by atoms with E-state index in [0.717, 1.165) is 5.56 Å². The molecule has 0 saturated heterocycles. The zero-order chi connectivity index (χ0) is 15.1. The lowest BCUT2D eigenvalue weighted by molar-refractivity contribution is -0.141. The minimum Gasteiger partial charge on any atom is -0.508 e. The highest BCUT2D eigenvalue weighted by Crippen LogP contribution is 2.58. The lowest BCUT2D eigenvalue weighted by atomic mass is 10.1. The fourth-order valence-electron chi connectivity index (χ4n) is 2.75. The number of hydrogen-bond acceptors (Lipinski definition) is 3. The van der Waals surface area contributed by atoms with Gasteiger partial charge in [0.15, 0.2) is 0 Å². The number of carbonyl (C=O) groups excluding carboxylic acids is 1. The predicted octanol–water partition coefficient (Wildman–Crippen LogP) is 1.71. The Morgan fingerprint density at radius 3 is 2.20 bits per heavy atom. The van der Waals surface area contributed by atoms with Crippen molar-refractivity contribution in [1.29, 1.82) is 0 Å². The molecule has 0 aliphatic heterocycles. The largest absolute Gasteiger partial charge is 0.508 e. The molecule has 0 bridgehead atoms. The van der Waals surface area contributed by atoms with Crippen LogP contribution in [0.5, 0.6) is 5.75 Å². The van der Waals surface area contributed by atoms with E-state index >= 15 is 0 Å². The summed E-state index contributed by atoms with van der Waals surface area (Å²) in [7, 11) is 1.67. The average Bonchev–Trinajstić information content (AvgIpc) is 2.94. The molecule has 1 amide bonds. The highest BCUT2D eigenvalue weighted by Gasteiger charge is 2.66. The standard InChI is InChI=1S/C15H19NO4/c1-15(2)11(12(15)14(19)20)13(18)16(3)8-9-4-6-10(17)7-5-9/h4-7,11-12,17H,8H2,1-3H3,(H,19,20). The second-order valence-corrected chi connectivity index (χ2v) is 5.98. The Hall–Kier alpha value is -2.04. The first-order valence-corrected chi connectivity index (χ1v) is 6.51. The molecule has 0 aromatic heterocycles. The van der Waals surface area contributed by atoms with Crippen LogP contribution < -0.4 is 0 Å².